The smallest absolute Gasteiger partial charge is 0.416 e. The van der Waals surface area contributed by atoms with Crippen LogP contribution >= 0.6 is 12.2 Å². The van der Waals surface area contributed by atoms with Crippen LogP contribution in [0.25, 0.3) is 0 Å². The summed E-state index contributed by atoms with van der Waals surface area (Å²) in [5, 5.41) is 3.63. The van der Waals surface area contributed by atoms with Gasteiger partial charge in [-0.15, -0.1) is 5.10 Å². The van der Waals surface area contributed by atoms with Gasteiger partial charge in [-0.25, -0.2) is 0 Å². The Labute approximate surface area is 130 Å². The maximum atomic E-state index is 12.5. The highest BCUT2D eigenvalue weighted by Crippen LogP contribution is 2.30. The SMILES string of the molecule is CCOC(=NNC(N)=S)C(C=O)c1ccc(C(F)(F)F)cc1. The summed E-state index contributed by atoms with van der Waals surface area (Å²) in [5.74, 6) is -1.01. The quantitative estimate of drug-likeness (QED) is 0.284. The lowest BCUT2D eigenvalue weighted by Crippen LogP contribution is -2.28. The molecule has 0 saturated carbocycles. The van der Waals surface area contributed by atoms with Crippen molar-refractivity contribution in [1.29, 1.82) is 0 Å². The molecular weight excluding hydrogens is 319 g/mol. The van der Waals surface area contributed by atoms with Crippen molar-refractivity contribution < 1.29 is 22.7 Å². The Morgan fingerprint density at radius 1 is 1.45 bits per heavy atom. The predicted molar refractivity (Wildman–Crippen MR) is 79.2 cm³/mol. The summed E-state index contributed by atoms with van der Waals surface area (Å²) in [5.41, 5.74) is 7.01. The third kappa shape index (κ3) is 4.99. The van der Waals surface area contributed by atoms with E-state index >= 15 is 0 Å². The van der Waals surface area contributed by atoms with Crippen LogP contribution in [0.1, 0.15) is 24.0 Å². The first-order chi connectivity index (χ1) is 10.3. The summed E-state index contributed by atoms with van der Waals surface area (Å²) in [6.45, 7) is 1.88. The maximum Gasteiger partial charge on any atom is 0.416 e. The third-order valence-corrected chi connectivity index (χ3v) is 2.66. The average Bonchev–Trinajstić information content (AvgIpc) is 2.45. The summed E-state index contributed by atoms with van der Waals surface area (Å²) < 4.78 is 42.8. The average molecular weight is 333 g/mol. The monoisotopic (exact) mass is 333 g/mol. The van der Waals surface area contributed by atoms with Gasteiger partial charge in [-0.1, -0.05) is 12.1 Å². The van der Waals surface area contributed by atoms with E-state index in [0.29, 0.717) is 11.8 Å². The summed E-state index contributed by atoms with van der Waals surface area (Å²) in [6, 6.07) is 4.15. The molecule has 1 rings (SSSR count). The summed E-state index contributed by atoms with van der Waals surface area (Å²) in [7, 11) is 0. The summed E-state index contributed by atoms with van der Waals surface area (Å²) in [6.07, 6.45) is -3.93. The van der Waals surface area contributed by atoms with E-state index in [2.05, 4.69) is 22.7 Å². The fraction of sp³-hybridized carbons (Fsp3) is 0.308. The van der Waals surface area contributed by atoms with Gasteiger partial charge in [-0.3, -0.25) is 5.43 Å². The highest BCUT2D eigenvalue weighted by atomic mass is 32.1. The lowest BCUT2D eigenvalue weighted by molar-refractivity contribution is -0.137. The molecule has 5 nitrogen and oxygen atoms in total. The number of hydrogen-bond acceptors (Lipinski definition) is 4. The van der Waals surface area contributed by atoms with Gasteiger partial charge in [0.15, 0.2) is 5.11 Å². The first kappa shape index (κ1) is 17.9. The van der Waals surface area contributed by atoms with Crippen molar-refractivity contribution in [3.63, 3.8) is 0 Å². The molecule has 0 amide bonds. The Hall–Kier alpha value is -2.16. The van der Waals surface area contributed by atoms with Gasteiger partial charge >= 0.3 is 6.18 Å². The Morgan fingerprint density at radius 2 is 2.05 bits per heavy atom. The molecular formula is C13H14F3N3O2S. The number of alkyl halides is 3. The second-order valence-electron chi connectivity index (χ2n) is 4.09. The first-order valence-corrected chi connectivity index (χ1v) is 6.58. The van der Waals surface area contributed by atoms with Crippen molar-refractivity contribution in [3.8, 4) is 0 Å². The number of ether oxygens (including phenoxy) is 1. The van der Waals surface area contributed by atoms with Gasteiger partial charge in [-0.2, -0.15) is 13.2 Å². The van der Waals surface area contributed by atoms with Gasteiger partial charge in [0.05, 0.1) is 12.2 Å². The molecule has 1 atom stereocenters. The summed E-state index contributed by atoms with van der Waals surface area (Å²) >= 11 is 4.59. The molecule has 0 bridgehead atoms. The van der Waals surface area contributed by atoms with Gasteiger partial charge < -0.3 is 15.3 Å². The predicted octanol–water partition coefficient (Wildman–Crippen LogP) is 2.17. The second-order valence-corrected chi connectivity index (χ2v) is 4.53. The van der Waals surface area contributed by atoms with Crippen LogP contribution in [0.5, 0.6) is 0 Å². The molecule has 0 aliphatic heterocycles. The molecule has 0 fully saturated rings. The van der Waals surface area contributed by atoms with E-state index in [1.807, 2.05) is 0 Å². The molecule has 1 aromatic carbocycles. The van der Waals surface area contributed by atoms with Crippen molar-refractivity contribution in [1.82, 2.24) is 5.43 Å². The zero-order chi connectivity index (χ0) is 16.8. The molecule has 0 aliphatic carbocycles. The van der Waals surface area contributed by atoms with Crippen LogP contribution < -0.4 is 11.2 Å². The normalized spacial score (nSPS) is 13.4. The number of carbonyl (C=O) groups excluding carboxylic acids is 1. The highest BCUT2D eigenvalue weighted by Gasteiger charge is 2.30. The largest absolute Gasteiger partial charge is 0.479 e. The lowest BCUT2D eigenvalue weighted by atomic mass is 9.99. The molecule has 9 heteroatoms. The Balaban J connectivity index is 3.09. The van der Waals surface area contributed by atoms with E-state index < -0.39 is 17.7 Å². The summed E-state index contributed by atoms with van der Waals surface area (Å²) in [4.78, 5) is 11.3. The molecule has 0 spiro atoms. The number of hydrazone groups is 1. The van der Waals surface area contributed by atoms with E-state index in [1.165, 1.54) is 12.1 Å². The zero-order valence-corrected chi connectivity index (χ0v) is 12.4. The lowest BCUT2D eigenvalue weighted by Gasteiger charge is -2.15. The molecule has 22 heavy (non-hydrogen) atoms. The van der Waals surface area contributed by atoms with Crippen LogP contribution in [0.2, 0.25) is 0 Å². The van der Waals surface area contributed by atoms with Crippen molar-refractivity contribution in [2.45, 2.75) is 19.0 Å². The van der Waals surface area contributed by atoms with Crippen molar-refractivity contribution in [3.05, 3.63) is 35.4 Å². The Kier molecular flexibility index (Phi) is 6.29. The maximum absolute atomic E-state index is 12.5. The molecule has 0 heterocycles. The molecule has 3 N–H and O–H groups in total. The van der Waals surface area contributed by atoms with Crippen LogP contribution in [0, 0.1) is 0 Å². The van der Waals surface area contributed by atoms with Crippen molar-refractivity contribution in [2.75, 3.05) is 6.61 Å². The van der Waals surface area contributed by atoms with E-state index in [9.17, 15) is 18.0 Å². The second kappa shape index (κ2) is 7.74. The molecule has 1 unspecified atom stereocenters. The van der Waals surface area contributed by atoms with Gasteiger partial charge in [0.2, 0.25) is 5.90 Å². The van der Waals surface area contributed by atoms with E-state index in [4.69, 9.17) is 10.5 Å². The molecule has 0 aliphatic rings. The van der Waals surface area contributed by atoms with Gasteiger partial charge in [0.1, 0.15) is 12.2 Å². The molecule has 1 aromatic rings. The topological polar surface area (TPSA) is 76.7 Å². The minimum Gasteiger partial charge on any atom is -0.479 e. The molecule has 0 aromatic heterocycles. The highest BCUT2D eigenvalue weighted by molar-refractivity contribution is 7.80. The zero-order valence-electron chi connectivity index (χ0n) is 11.6. The van der Waals surface area contributed by atoms with Crippen molar-refractivity contribution in [2.24, 2.45) is 10.8 Å². The standard InChI is InChI=1S/C13H14F3N3O2S/c1-2-21-11(18-19-12(17)22)10(7-20)8-3-5-9(6-4-8)13(14,15)16/h3-7,10H,2H2,1H3,(H3,17,19,22). The Morgan fingerprint density at radius 3 is 2.45 bits per heavy atom. The van der Waals surface area contributed by atoms with Crippen LogP contribution in [-0.2, 0) is 15.7 Å². The molecule has 0 saturated heterocycles. The minimum absolute atomic E-state index is 0.0370. The van der Waals surface area contributed by atoms with E-state index in [0.717, 1.165) is 12.1 Å². The number of rotatable bonds is 5. The number of nitrogens with one attached hydrogen (secondary N) is 1. The number of aldehydes is 1. The van der Waals surface area contributed by atoms with Crippen LogP contribution in [0.15, 0.2) is 29.4 Å². The molecule has 120 valence electrons. The number of nitrogens with two attached hydrogens (primary N) is 1. The fourth-order valence-corrected chi connectivity index (χ4v) is 1.65. The molecule has 0 radical (unpaired) electrons. The van der Waals surface area contributed by atoms with Crippen LogP contribution in [0.4, 0.5) is 13.2 Å². The van der Waals surface area contributed by atoms with Gasteiger partial charge in [0, 0.05) is 0 Å². The van der Waals surface area contributed by atoms with Crippen molar-refractivity contribution >= 4 is 29.5 Å². The van der Waals surface area contributed by atoms with E-state index in [1.54, 1.807) is 6.92 Å². The van der Waals surface area contributed by atoms with Gasteiger partial charge in [-0.05, 0) is 36.8 Å². The number of thiocarbonyl (C=S) groups is 1. The fourth-order valence-electron chi connectivity index (χ4n) is 1.61. The number of hydrogen-bond donors (Lipinski definition) is 2. The number of benzene rings is 1. The number of nitrogens with zero attached hydrogens (tertiary/aromatic N) is 1. The number of carbonyl (C=O) groups is 1. The van der Waals surface area contributed by atoms with Gasteiger partial charge in [0.25, 0.3) is 0 Å². The van der Waals surface area contributed by atoms with E-state index in [-0.39, 0.29) is 17.6 Å². The third-order valence-electron chi connectivity index (χ3n) is 2.57. The number of halogens is 3. The first-order valence-electron chi connectivity index (χ1n) is 6.17. The Bertz CT molecular complexity index is 559. The van der Waals surface area contributed by atoms with Crippen LogP contribution in [-0.4, -0.2) is 23.9 Å². The van der Waals surface area contributed by atoms with Crippen LogP contribution in [0.3, 0.4) is 0 Å². The minimum atomic E-state index is -4.45.